The number of nitrogens with one attached hydrogen (secondary N) is 1. The Morgan fingerprint density at radius 1 is 1.04 bits per heavy atom. The van der Waals surface area contributed by atoms with Crippen molar-refractivity contribution in [2.24, 2.45) is 0 Å². The summed E-state index contributed by atoms with van der Waals surface area (Å²) >= 11 is 6.22. The molecule has 1 N–H and O–H groups in total. The first-order valence-electron chi connectivity index (χ1n) is 7.57. The van der Waals surface area contributed by atoms with Crippen molar-refractivity contribution < 1.29 is 23.7 Å². The number of anilines is 1. The van der Waals surface area contributed by atoms with Crippen molar-refractivity contribution in [1.82, 2.24) is 0 Å². The van der Waals surface area contributed by atoms with Gasteiger partial charge in [-0.05, 0) is 31.2 Å². The van der Waals surface area contributed by atoms with Crippen LogP contribution in [-0.4, -0.2) is 33.8 Å². The molecule has 0 fully saturated rings. The van der Waals surface area contributed by atoms with Crippen LogP contribution in [0.2, 0.25) is 5.02 Å². The van der Waals surface area contributed by atoms with Gasteiger partial charge in [-0.25, -0.2) is 0 Å². The standard InChI is InChI=1S/C18H20ClNO5/c1-5-25-17-13(19)8-11(9-16(17)24-4)18(21)20-14-10-12(22-2)6-7-15(14)23-3/h6-10H,5H2,1-4H3,(H,20,21). The van der Waals surface area contributed by atoms with E-state index in [4.69, 9.17) is 30.5 Å². The van der Waals surface area contributed by atoms with Crippen LogP contribution in [0.1, 0.15) is 17.3 Å². The van der Waals surface area contributed by atoms with Crippen LogP contribution in [0, 0.1) is 0 Å². The first-order valence-corrected chi connectivity index (χ1v) is 7.95. The van der Waals surface area contributed by atoms with E-state index in [0.717, 1.165) is 0 Å². The lowest BCUT2D eigenvalue weighted by atomic mass is 10.1. The zero-order valence-corrected chi connectivity index (χ0v) is 15.3. The molecule has 0 aliphatic carbocycles. The number of carbonyl (C=O) groups excluding carboxylic acids is 1. The highest BCUT2D eigenvalue weighted by Gasteiger charge is 2.17. The van der Waals surface area contributed by atoms with Crippen LogP contribution in [0.15, 0.2) is 30.3 Å². The van der Waals surface area contributed by atoms with Crippen LogP contribution < -0.4 is 24.3 Å². The Morgan fingerprint density at radius 2 is 1.76 bits per heavy atom. The van der Waals surface area contributed by atoms with E-state index in [-0.39, 0.29) is 5.91 Å². The number of hydrogen-bond donors (Lipinski definition) is 1. The van der Waals surface area contributed by atoms with Crippen molar-refractivity contribution in [2.75, 3.05) is 33.3 Å². The third-order valence-electron chi connectivity index (χ3n) is 3.44. The molecule has 0 saturated carbocycles. The van der Waals surface area contributed by atoms with Crippen molar-refractivity contribution in [3.63, 3.8) is 0 Å². The molecule has 6 nitrogen and oxygen atoms in total. The maximum Gasteiger partial charge on any atom is 0.255 e. The van der Waals surface area contributed by atoms with E-state index in [2.05, 4.69) is 5.32 Å². The highest BCUT2D eigenvalue weighted by Crippen LogP contribution is 2.37. The Morgan fingerprint density at radius 3 is 2.36 bits per heavy atom. The van der Waals surface area contributed by atoms with E-state index in [0.29, 0.717) is 45.9 Å². The molecule has 0 spiro atoms. The minimum Gasteiger partial charge on any atom is -0.497 e. The van der Waals surface area contributed by atoms with Gasteiger partial charge in [-0.3, -0.25) is 4.79 Å². The molecule has 0 aromatic heterocycles. The molecular formula is C18H20ClNO5. The second-order valence-corrected chi connectivity index (χ2v) is 5.35. The molecule has 2 aromatic carbocycles. The summed E-state index contributed by atoms with van der Waals surface area (Å²) in [7, 11) is 4.56. The highest BCUT2D eigenvalue weighted by molar-refractivity contribution is 6.32. The van der Waals surface area contributed by atoms with Gasteiger partial charge < -0.3 is 24.3 Å². The Kier molecular flexibility index (Phi) is 6.36. The summed E-state index contributed by atoms with van der Waals surface area (Å²) in [5.74, 6) is 1.53. The lowest BCUT2D eigenvalue weighted by Gasteiger charge is -2.14. The van der Waals surface area contributed by atoms with Crippen LogP contribution in [-0.2, 0) is 0 Å². The largest absolute Gasteiger partial charge is 0.497 e. The molecule has 0 radical (unpaired) electrons. The zero-order chi connectivity index (χ0) is 18.4. The molecule has 0 bridgehead atoms. The van der Waals surface area contributed by atoms with Gasteiger partial charge in [-0.15, -0.1) is 0 Å². The Hall–Kier alpha value is -2.60. The topological polar surface area (TPSA) is 66.0 Å². The zero-order valence-electron chi connectivity index (χ0n) is 14.5. The number of ether oxygens (including phenoxy) is 4. The number of methoxy groups -OCH3 is 3. The van der Waals surface area contributed by atoms with Crippen molar-refractivity contribution in [3.05, 3.63) is 40.9 Å². The van der Waals surface area contributed by atoms with E-state index in [1.807, 2.05) is 6.92 Å². The second kappa shape index (κ2) is 8.48. The summed E-state index contributed by atoms with van der Waals surface area (Å²) < 4.78 is 21.2. The van der Waals surface area contributed by atoms with E-state index in [9.17, 15) is 4.79 Å². The van der Waals surface area contributed by atoms with Gasteiger partial charge >= 0.3 is 0 Å². The fourth-order valence-corrected chi connectivity index (χ4v) is 2.51. The molecule has 2 aromatic rings. The van der Waals surface area contributed by atoms with Gasteiger partial charge in [0, 0.05) is 11.6 Å². The minimum atomic E-state index is -0.366. The number of rotatable bonds is 7. The van der Waals surface area contributed by atoms with Crippen LogP contribution in [0.4, 0.5) is 5.69 Å². The van der Waals surface area contributed by atoms with Crippen LogP contribution in [0.25, 0.3) is 0 Å². The third kappa shape index (κ3) is 4.28. The Balaban J connectivity index is 2.34. The molecule has 0 heterocycles. The summed E-state index contributed by atoms with van der Waals surface area (Å²) in [6.07, 6.45) is 0. The average molecular weight is 366 g/mol. The molecule has 0 unspecified atom stereocenters. The normalized spacial score (nSPS) is 10.1. The van der Waals surface area contributed by atoms with Crippen LogP contribution >= 0.6 is 11.6 Å². The molecular weight excluding hydrogens is 346 g/mol. The van der Waals surface area contributed by atoms with Gasteiger partial charge in [0.15, 0.2) is 11.5 Å². The lowest BCUT2D eigenvalue weighted by molar-refractivity contribution is 0.102. The third-order valence-corrected chi connectivity index (χ3v) is 3.72. The van der Waals surface area contributed by atoms with Gasteiger partial charge in [-0.2, -0.15) is 0 Å². The molecule has 2 rings (SSSR count). The summed E-state index contributed by atoms with van der Waals surface area (Å²) in [5, 5.41) is 3.08. The van der Waals surface area contributed by atoms with Crippen molar-refractivity contribution in [2.45, 2.75) is 6.92 Å². The molecule has 25 heavy (non-hydrogen) atoms. The first-order chi connectivity index (χ1) is 12.0. The fourth-order valence-electron chi connectivity index (χ4n) is 2.24. The number of hydrogen-bond acceptors (Lipinski definition) is 5. The molecule has 134 valence electrons. The van der Waals surface area contributed by atoms with Gasteiger partial charge in [0.25, 0.3) is 5.91 Å². The average Bonchev–Trinajstić information content (AvgIpc) is 2.63. The van der Waals surface area contributed by atoms with Gasteiger partial charge in [0.1, 0.15) is 11.5 Å². The fraction of sp³-hybridized carbons (Fsp3) is 0.278. The molecule has 1 amide bonds. The monoisotopic (exact) mass is 365 g/mol. The van der Waals surface area contributed by atoms with Crippen LogP contribution in [0.5, 0.6) is 23.0 Å². The van der Waals surface area contributed by atoms with Gasteiger partial charge in [0.05, 0.1) is 38.6 Å². The lowest BCUT2D eigenvalue weighted by Crippen LogP contribution is -2.13. The van der Waals surface area contributed by atoms with Crippen molar-refractivity contribution in [1.29, 1.82) is 0 Å². The quantitative estimate of drug-likeness (QED) is 0.802. The Bertz CT molecular complexity index is 763. The molecule has 0 aliphatic heterocycles. The van der Waals surface area contributed by atoms with E-state index in [1.54, 1.807) is 31.4 Å². The summed E-state index contributed by atoms with van der Waals surface area (Å²) in [6, 6.07) is 8.21. The summed E-state index contributed by atoms with van der Waals surface area (Å²) in [6.45, 7) is 2.27. The van der Waals surface area contributed by atoms with Gasteiger partial charge in [-0.1, -0.05) is 11.6 Å². The number of halogens is 1. The predicted molar refractivity (Wildman–Crippen MR) is 96.7 cm³/mol. The highest BCUT2D eigenvalue weighted by atomic mass is 35.5. The molecule has 7 heteroatoms. The van der Waals surface area contributed by atoms with Crippen molar-refractivity contribution >= 4 is 23.2 Å². The molecule has 0 aliphatic rings. The number of benzene rings is 2. The molecule has 0 atom stereocenters. The van der Waals surface area contributed by atoms with Gasteiger partial charge in [0.2, 0.25) is 0 Å². The first kappa shape index (κ1) is 18.7. The number of carbonyl (C=O) groups is 1. The maximum atomic E-state index is 12.6. The SMILES string of the molecule is CCOc1c(Cl)cc(C(=O)Nc2cc(OC)ccc2OC)cc1OC. The summed E-state index contributed by atoms with van der Waals surface area (Å²) in [4.78, 5) is 12.6. The summed E-state index contributed by atoms with van der Waals surface area (Å²) in [5.41, 5.74) is 0.811. The number of amides is 1. The van der Waals surface area contributed by atoms with E-state index < -0.39 is 0 Å². The van der Waals surface area contributed by atoms with Crippen molar-refractivity contribution in [3.8, 4) is 23.0 Å². The van der Waals surface area contributed by atoms with E-state index in [1.165, 1.54) is 20.3 Å². The van der Waals surface area contributed by atoms with E-state index >= 15 is 0 Å². The smallest absolute Gasteiger partial charge is 0.255 e. The minimum absolute atomic E-state index is 0.295. The molecule has 0 saturated heterocycles. The predicted octanol–water partition coefficient (Wildman–Crippen LogP) is 4.02. The van der Waals surface area contributed by atoms with Crippen LogP contribution in [0.3, 0.4) is 0 Å². The maximum absolute atomic E-state index is 12.6. The second-order valence-electron chi connectivity index (χ2n) is 4.94. The Labute approximate surface area is 151 Å².